The van der Waals surface area contributed by atoms with Crippen molar-refractivity contribution < 1.29 is 4.79 Å². The molecule has 1 amide bonds. The summed E-state index contributed by atoms with van der Waals surface area (Å²) < 4.78 is 0. The second-order valence-corrected chi connectivity index (χ2v) is 3.84. The Bertz CT molecular complexity index is 377. The zero-order valence-corrected chi connectivity index (χ0v) is 10.2. The summed E-state index contributed by atoms with van der Waals surface area (Å²) in [4.78, 5) is 15.4. The number of carbonyl (C=O) groups excluding carboxylic acids is 1. The average molecular weight is 233 g/mol. The monoisotopic (exact) mass is 233 g/mol. The van der Waals surface area contributed by atoms with Gasteiger partial charge in [0.05, 0.1) is 0 Å². The SMILES string of the molecule is C=CCNC(=O)CCCNc1cc(C)ccn1. The number of aromatic nitrogens is 1. The summed E-state index contributed by atoms with van der Waals surface area (Å²) >= 11 is 0. The van der Waals surface area contributed by atoms with Gasteiger partial charge in [0.1, 0.15) is 5.82 Å². The molecule has 1 heterocycles. The smallest absolute Gasteiger partial charge is 0.220 e. The molecule has 0 atom stereocenters. The van der Waals surface area contributed by atoms with Crippen molar-refractivity contribution >= 4 is 11.7 Å². The fourth-order valence-corrected chi connectivity index (χ4v) is 1.37. The van der Waals surface area contributed by atoms with Gasteiger partial charge in [-0.2, -0.15) is 0 Å². The van der Waals surface area contributed by atoms with Crippen molar-refractivity contribution in [2.45, 2.75) is 19.8 Å². The van der Waals surface area contributed by atoms with Gasteiger partial charge < -0.3 is 10.6 Å². The second kappa shape index (κ2) is 7.44. The lowest BCUT2D eigenvalue weighted by atomic mass is 10.2. The minimum Gasteiger partial charge on any atom is -0.370 e. The summed E-state index contributed by atoms with van der Waals surface area (Å²) in [5.41, 5.74) is 1.17. The van der Waals surface area contributed by atoms with Crippen LogP contribution in [0, 0.1) is 6.92 Å². The van der Waals surface area contributed by atoms with Crippen molar-refractivity contribution in [3.8, 4) is 0 Å². The molecule has 0 saturated heterocycles. The average Bonchev–Trinajstić information content (AvgIpc) is 2.32. The minimum absolute atomic E-state index is 0.0592. The quantitative estimate of drug-likeness (QED) is 0.558. The molecule has 17 heavy (non-hydrogen) atoms. The molecule has 1 aromatic rings. The molecular formula is C13H19N3O. The van der Waals surface area contributed by atoms with Crippen molar-refractivity contribution in [2.75, 3.05) is 18.4 Å². The van der Waals surface area contributed by atoms with Crippen molar-refractivity contribution in [2.24, 2.45) is 0 Å². The van der Waals surface area contributed by atoms with Crippen LogP contribution in [0.4, 0.5) is 5.82 Å². The molecule has 0 bridgehead atoms. The van der Waals surface area contributed by atoms with Gasteiger partial charge in [0.2, 0.25) is 5.91 Å². The first kappa shape index (κ1) is 13.2. The van der Waals surface area contributed by atoms with Crippen molar-refractivity contribution in [3.63, 3.8) is 0 Å². The van der Waals surface area contributed by atoms with Crippen LogP contribution in [-0.2, 0) is 4.79 Å². The standard InChI is InChI=1S/C13H19N3O/c1-3-7-16-13(17)5-4-8-14-12-10-11(2)6-9-15-12/h3,6,9-10H,1,4-5,7-8H2,2H3,(H,14,15)(H,16,17). The number of nitrogens with one attached hydrogen (secondary N) is 2. The number of hydrogen-bond donors (Lipinski definition) is 2. The Labute approximate surface area is 102 Å². The lowest BCUT2D eigenvalue weighted by molar-refractivity contribution is -0.120. The Morgan fingerprint density at radius 3 is 3.12 bits per heavy atom. The Kier molecular flexibility index (Phi) is 5.79. The van der Waals surface area contributed by atoms with Crippen LogP contribution in [0.25, 0.3) is 0 Å². The van der Waals surface area contributed by atoms with Gasteiger partial charge in [-0.1, -0.05) is 6.08 Å². The van der Waals surface area contributed by atoms with E-state index in [1.165, 1.54) is 5.56 Å². The fourth-order valence-electron chi connectivity index (χ4n) is 1.37. The van der Waals surface area contributed by atoms with E-state index in [0.717, 1.165) is 18.8 Å². The van der Waals surface area contributed by atoms with Gasteiger partial charge in [0, 0.05) is 25.7 Å². The van der Waals surface area contributed by atoms with Crippen LogP contribution in [-0.4, -0.2) is 24.0 Å². The molecule has 4 heteroatoms. The van der Waals surface area contributed by atoms with Crippen LogP contribution in [0.1, 0.15) is 18.4 Å². The van der Waals surface area contributed by atoms with Crippen LogP contribution < -0.4 is 10.6 Å². The third-order valence-electron chi connectivity index (χ3n) is 2.25. The number of anilines is 1. The molecule has 1 aromatic heterocycles. The number of nitrogens with zero attached hydrogens (tertiary/aromatic N) is 1. The Morgan fingerprint density at radius 2 is 2.41 bits per heavy atom. The molecular weight excluding hydrogens is 214 g/mol. The molecule has 0 fully saturated rings. The van der Waals surface area contributed by atoms with E-state index in [4.69, 9.17) is 0 Å². The summed E-state index contributed by atoms with van der Waals surface area (Å²) in [6.45, 7) is 6.85. The highest BCUT2D eigenvalue weighted by Crippen LogP contribution is 2.05. The lowest BCUT2D eigenvalue weighted by Crippen LogP contribution is -2.23. The molecule has 4 nitrogen and oxygen atoms in total. The molecule has 1 rings (SSSR count). The van der Waals surface area contributed by atoms with Crippen molar-refractivity contribution in [3.05, 3.63) is 36.5 Å². The summed E-state index contributed by atoms with van der Waals surface area (Å²) in [7, 11) is 0. The zero-order chi connectivity index (χ0) is 12.5. The van der Waals surface area contributed by atoms with Crippen LogP contribution >= 0.6 is 0 Å². The summed E-state index contributed by atoms with van der Waals surface area (Å²) in [6, 6.07) is 3.94. The second-order valence-electron chi connectivity index (χ2n) is 3.84. The first-order chi connectivity index (χ1) is 8.22. The van der Waals surface area contributed by atoms with Crippen LogP contribution in [0.15, 0.2) is 31.0 Å². The van der Waals surface area contributed by atoms with E-state index in [1.54, 1.807) is 12.3 Å². The highest BCUT2D eigenvalue weighted by Gasteiger charge is 1.99. The number of carbonyl (C=O) groups is 1. The Morgan fingerprint density at radius 1 is 1.59 bits per heavy atom. The van der Waals surface area contributed by atoms with E-state index >= 15 is 0 Å². The van der Waals surface area contributed by atoms with Crippen LogP contribution in [0.5, 0.6) is 0 Å². The molecule has 0 aliphatic rings. The van der Waals surface area contributed by atoms with E-state index in [2.05, 4.69) is 22.2 Å². The van der Waals surface area contributed by atoms with Crippen molar-refractivity contribution in [1.82, 2.24) is 10.3 Å². The van der Waals surface area contributed by atoms with E-state index in [-0.39, 0.29) is 5.91 Å². The Hall–Kier alpha value is -1.84. The predicted octanol–water partition coefficient (Wildman–Crippen LogP) is 1.88. The molecule has 0 radical (unpaired) electrons. The van der Waals surface area contributed by atoms with Gasteiger partial charge in [-0.25, -0.2) is 4.98 Å². The molecule has 0 aromatic carbocycles. The van der Waals surface area contributed by atoms with Gasteiger partial charge in [-0.3, -0.25) is 4.79 Å². The van der Waals surface area contributed by atoms with E-state index in [1.807, 2.05) is 19.1 Å². The van der Waals surface area contributed by atoms with Gasteiger partial charge in [-0.15, -0.1) is 6.58 Å². The number of amides is 1. The lowest BCUT2D eigenvalue weighted by Gasteiger charge is -2.06. The number of pyridine rings is 1. The molecule has 0 saturated carbocycles. The molecule has 0 aliphatic carbocycles. The highest BCUT2D eigenvalue weighted by molar-refractivity contribution is 5.75. The zero-order valence-electron chi connectivity index (χ0n) is 10.2. The predicted molar refractivity (Wildman–Crippen MR) is 69.9 cm³/mol. The first-order valence-corrected chi connectivity index (χ1v) is 5.76. The third-order valence-corrected chi connectivity index (χ3v) is 2.25. The third kappa shape index (κ3) is 5.70. The molecule has 0 spiro atoms. The summed E-state index contributed by atoms with van der Waals surface area (Å²) in [5.74, 6) is 0.917. The van der Waals surface area contributed by atoms with Gasteiger partial charge >= 0.3 is 0 Å². The molecule has 92 valence electrons. The summed E-state index contributed by atoms with van der Waals surface area (Å²) in [6.07, 6.45) is 4.76. The van der Waals surface area contributed by atoms with E-state index in [9.17, 15) is 4.79 Å². The topological polar surface area (TPSA) is 54.0 Å². The highest BCUT2D eigenvalue weighted by atomic mass is 16.1. The number of rotatable bonds is 7. The largest absolute Gasteiger partial charge is 0.370 e. The van der Waals surface area contributed by atoms with E-state index in [0.29, 0.717) is 13.0 Å². The Balaban J connectivity index is 2.16. The summed E-state index contributed by atoms with van der Waals surface area (Å²) in [5, 5.41) is 5.93. The fraction of sp³-hybridized carbons (Fsp3) is 0.385. The minimum atomic E-state index is 0.0592. The number of aryl methyl sites for hydroxylation is 1. The van der Waals surface area contributed by atoms with Gasteiger partial charge in [-0.05, 0) is 31.0 Å². The molecule has 0 aliphatic heterocycles. The van der Waals surface area contributed by atoms with Gasteiger partial charge in [0.25, 0.3) is 0 Å². The maximum atomic E-state index is 11.3. The number of hydrogen-bond acceptors (Lipinski definition) is 3. The molecule has 2 N–H and O–H groups in total. The van der Waals surface area contributed by atoms with Crippen LogP contribution in [0.2, 0.25) is 0 Å². The maximum absolute atomic E-state index is 11.3. The first-order valence-electron chi connectivity index (χ1n) is 5.76. The normalized spacial score (nSPS) is 9.71. The molecule has 0 unspecified atom stereocenters. The van der Waals surface area contributed by atoms with Crippen molar-refractivity contribution in [1.29, 1.82) is 0 Å². The van der Waals surface area contributed by atoms with Crippen LogP contribution in [0.3, 0.4) is 0 Å². The van der Waals surface area contributed by atoms with Gasteiger partial charge in [0.15, 0.2) is 0 Å². The van der Waals surface area contributed by atoms with E-state index < -0.39 is 0 Å². The maximum Gasteiger partial charge on any atom is 0.220 e.